The molecule has 1 rings (SSSR count). The number of nitrogens with two attached hydrogens (primary N) is 1. The zero-order chi connectivity index (χ0) is 15.8. The zero-order valence-corrected chi connectivity index (χ0v) is 11.8. The second kappa shape index (κ2) is 7.88. The summed E-state index contributed by atoms with van der Waals surface area (Å²) in [5, 5.41) is 13.8. The molecular weight excluding hydrogens is 274 g/mol. The lowest BCUT2D eigenvalue weighted by molar-refractivity contribution is -0.137. The Balaban J connectivity index is 2.41. The minimum Gasteiger partial charge on any atom is -0.481 e. The molecule has 21 heavy (non-hydrogen) atoms. The lowest BCUT2D eigenvalue weighted by Gasteiger charge is -2.12. The predicted octanol–water partition coefficient (Wildman–Crippen LogP) is 1.41. The number of hydrogen-bond acceptors (Lipinski definition) is 3. The van der Waals surface area contributed by atoms with Gasteiger partial charge in [0.05, 0.1) is 0 Å². The number of carbonyl (C=O) groups excluding carboxylic acids is 2. The lowest BCUT2D eigenvalue weighted by Crippen LogP contribution is -2.32. The number of primary amides is 1. The van der Waals surface area contributed by atoms with Crippen molar-refractivity contribution in [3.63, 3.8) is 0 Å². The van der Waals surface area contributed by atoms with Crippen molar-refractivity contribution in [1.29, 1.82) is 0 Å². The Bertz CT molecular complexity index is 531. The second-order valence-corrected chi connectivity index (χ2v) is 4.82. The number of anilines is 1. The van der Waals surface area contributed by atoms with Gasteiger partial charge in [-0.25, -0.2) is 4.79 Å². The Kier molecular flexibility index (Phi) is 6.19. The normalized spacial score (nSPS) is 11.5. The number of carboxylic acid groups (broad SMARTS) is 1. The van der Waals surface area contributed by atoms with Crippen LogP contribution in [0.15, 0.2) is 24.3 Å². The van der Waals surface area contributed by atoms with E-state index < -0.39 is 17.9 Å². The molecule has 1 aromatic rings. The van der Waals surface area contributed by atoms with E-state index in [9.17, 15) is 14.4 Å². The van der Waals surface area contributed by atoms with Gasteiger partial charge in [0.2, 0.25) is 5.91 Å². The Labute approximate surface area is 122 Å². The van der Waals surface area contributed by atoms with Crippen molar-refractivity contribution in [2.45, 2.75) is 19.8 Å². The number of rotatable bonds is 7. The molecule has 5 N–H and O–H groups in total. The third kappa shape index (κ3) is 6.42. The van der Waals surface area contributed by atoms with Gasteiger partial charge in [-0.15, -0.1) is 0 Å². The first-order valence-electron chi connectivity index (χ1n) is 6.55. The molecular formula is C14H19N3O4. The van der Waals surface area contributed by atoms with Crippen molar-refractivity contribution in [1.82, 2.24) is 5.32 Å². The first kappa shape index (κ1) is 16.5. The maximum Gasteiger partial charge on any atom is 0.319 e. The van der Waals surface area contributed by atoms with Gasteiger partial charge in [-0.05, 0) is 30.5 Å². The summed E-state index contributed by atoms with van der Waals surface area (Å²) >= 11 is 0. The van der Waals surface area contributed by atoms with Crippen LogP contribution in [0.25, 0.3) is 0 Å². The van der Waals surface area contributed by atoms with Gasteiger partial charge in [-0.3, -0.25) is 9.59 Å². The van der Waals surface area contributed by atoms with Crippen molar-refractivity contribution >= 4 is 23.6 Å². The summed E-state index contributed by atoms with van der Waals surface area (Å²) in [6.07, 6.45) is 0.567. The largest absolute Gasteiger partial charge is 0.481 e. The third-order valence-electron chi connectivity index (χ3n) is 2.87. The molecule has 1 unspecified atom stereocenters. The Hall–Kier alpha value is -2.57. The molecule has 0 bridgehead atoms. The summed E-state index contributed by atoms with van der Waals surface area (Å²) in [4.78, 5) is 33.1. The molecule has 1 atom stereocenters. The number of nitrogens with one attached hydrogen (secondary N) is 2. The third-order valence-corrected chi connectivity index (χ3v) is 2.87. The summed E-state index contributed by atoms with van der Waals surface area (Å²) in [5.74, 6) is -1.36. The molecule has 0 saturated heterocycles. The quantitative estimate of drug-likeness (QED) is 0.607. The van der Waals surface area contributed by atoms with Gasteiger partial charge in [-0.1, -0.05) is 13.0 Å². The summed E-state index contributed by atoms with van der Waals surface area (Å²) in [6, 6.07) is 5.87. The number of carboxylic acids is 1. The van der Waals surface area contributed by atoms with Gasteiger partial charge in [0.1, 0.15) is 0 Å². The molecule has 7 heteroatoms. The van der Waals surface area contributed by atoms with Crippen LogP contribution in [-0.2, 0) is 4.79 Å². The van der Waals surface area contributed by atoms with Crippen LogP contribution < -0.4 is 16.4 Å². The lowest BCUT2D eigenvalue weighted by atomic mass is 10.1. The van der Waals surface area contributed by atoms with E-state index in [1.165, 1.54) is 6.07 Å². The number of urea groups is 1. The van der Waals surface area contributed by atoms with Crippen molar-refractivity contribution in [3.05, 3.63) is 29.8 Å². The minimum absolute atomic E-state index is 0.0591. The van der Waals surface area contributed by atoms with E-state index in [0.717, 1.165) is 0 Å². The maximum absolute atomic E-state index is 11.7. The van der Waals surface area contributed by atoms with Crippen LogP contribution in [0.1, 0.15) is 30.1 Å². The molecule has 0 aliphatic heterocycles. The molecule has 0 aromatic heterocycles. The fraction of sp³-hybridized carbons (Fsp3) is 0.357. The molecule has 0 heterocycles. The molecule has 0 aliphatic carbocycles. The van der Waals surface area contributed by atoms with Crippen LogP contribution in [0.5, 0.6) is 0 Å². The highest BCUT2D eigenvalue weighted by Gasteiger charge is 2.08. The van der Waals surface area contributed by atoms with Gasteiger partial charge in [0, 0.05) is 24.2 Å². The van der Waals surface area contributed by atoms with E-state index in [2.05, 4.69) is 10.6 Å². The SMILES string of the molecule is CC(CCC(=O)O)CNC(=O)Nc1cccc(C(N)=O)c1. The number of carbonyl (C=O) groups is 3. The van der Waals surface area contributed by atoms with E-state index in [1.807, 2.05) is 6.92 Å². The highest BCUT2D eigenvalue weighted by atomic mass is 16.4. The summed E-state index contributed by atoms with van der Waals surface area (Å²) in [7, 11) is 0. The molecule has 0 radical (unpaired) electrons. The highest BCUT2D eigenvalue weighted by molar-refractivity contribution is 5.95. The fourth-order valence-corrected chi connectivity index (χ4v) is 1.66. The summed E-state index contributed by atoms with van der Waals surface area (Å²) in [6.45, 7) is 2.23. The number of aliphatic carboxylic acids is 1. The first-order chi connectivity index (χ1) is 9.88. The van der Waals surface area contributed by atoms with Crippen molar-refractivity contribution in [2.24, 2.45) is 11.7 Å². The fourth-order valence-electron chi connectivity index (χ4n) is 1.66. The van der Waals surface area contributed by atoms with Gasteiger partial charge in [0.25, 0.3) is 0 Å². The van der Waals surface area contributed by atoms with Crippen LogP contribution in [0.3, 0.4) is 0 Å². The van der Waals surface area contributed by atoms with Gasteiger partial charge in [0.15, 0.2) is 0 Å². The Morgan fingerprint density at radius 3 is 2.67 bits per heavy atom. The molecule has 0 saturated carbocycles. The monoisotopic (exact) mass is 293 g/mol. The van der Waals surface area contributed by atoms with Crippen molar-refractivity contribution in [2.75, 3.05) is 11.9 Å². The number of amides is 3. The number of hydrogen-bond donors (Lipinski definition) is 4. The maximum atomic E-state index is 11.7. The van der Waals surface area contributed by atoms with Crippen LogP contribution in [0.2, 0.25) is 0 Å². The topological polar surface area (TPSA) is 122 Å². The predicted molar refractivity (Wildman–Crippen MR) is 78.0 cm³/mol. The van der Waals surface area contributed by atoms with Crippen molar-refractivity contribution in [3.8, 4) is 0 Å². The molecule has 114 valence electrons. The Morgan fingerprint density at radius 1 is 1.33 bits per heavy atom. The Morgan fingerprint density at radius 2 is 2.05 bits per heavy atom. The van der Waals surface area contributed by atoms with Crippen LogP contribution in [0, 0.1) is 5.92 Å². The average molecular weight is 293 g/mol. The zero-order valence-electron chi connectivity index (χ0n) is 11.8. The van der Waals surface area contributed by atoms with E-state index in [4.69, 9.17) is 10.8 Å². The van der Waals surface area contributed by atoms with E-state index in [0.29, 0.717) is 24.2 Å². The smallest absolute Gasteiger partial charge is 0.319 e. The van der Waals surface area contributed by atoms with Gasteiger partial charge < -0.3 is 21.5 Å². The van der Waals surface area contributed by atoms with Crippen molar-refractivity contribution < 1.29 is 19.5 Å². The highest BCUT2D eigenvalue weighted by Crippen LogP contribution is 2.10. The first-order valence-corrected chi connectivity index (χ1v) is 6.55. The standard InChI is InChI=1S/C14H19N3O4/c1-9(5-6-12(18)19)8-16-14(21)17-11-4-2-3-10(7-11)13(15)20/h2-4,7,9H,5-6,8H2,1H3,(H2,15,20)(H,18,19)(H2,16,17,21). The van der Waals surface area contributed by atoms with E-state index in [-0.39, 0.29) is 12.3 Å². The average Bonchev–Trinajstić information content (AvgIpc) is 2.43. The molecule has 1 aromatic carbocycles. The van der Waals surface area contributed by atoms with E-state index >= 15 is 0 Å². The van der Waals surface area contributed by atoms with E-state index in [1.54, 1.807) is 18.2 Å². The number of benzene rings is 1. The summed E-state index contributed by atoms with van der Waals surface area (Å²) < 4.78 is 0. The van der Waals surface area contributed by atoms with Gasteiger partial charge in [-0.2, -0.15) is 0 Å². The molecule has 0 aliphatic rings. The van der Waals surface area contributed by atoms with Crippen LogP contribution in [-0.4, -0.2) is 29.6 Å². The molecule has 7 nitrogen and oxygen atoms in total. The summed E-state index contributed by atoms with van der Waals surface area (Å²) in [5.41, 5.74) is 5.92. The second-order valence-electron chi connectivity index (χ2n) is 4.82. The van der Waals surface area contributed by atoms with Crippen LogP contribution in [0.4, 0.5) is 10.5 Å². The molecule has 0 spiro atoms. The van der Waals surface area contributed by atoms with Crippen LogP contribution >= 0.6 is 0 Å². The minimum atomic E-state index is -0.852. The molecule has 3 amide bonds. The van der Waals surface area contributed by atoms with Gasteiger partial charge >= 0.3 is 12.0 Å². The molecule has 0 fully saturated rings.